The molecule has 0 aliphatic carbocycles. The van der Waals surface area contributed by atoms with Gasteiger partial charge in [-0.1, -0.05) is 11.6 Å². The van der Waals surface area contributed by atoms with Crippen molar-refractivity contribution in [1.82, 2.24) is 24.9 Å². The Morgan fingerprint density at radius 3 is 2.76 bits per heavy atom. The second-order valence-corrected chi connectivity index (χ2v) is 5.59. The molecule has 4 rings (SSSR count). The summed E-state index contributed by atoms with van der Waals surface area (Å²) in [5, 5.41) is 3.13. The third-order valence-electron chi connectivity index (χ3n) is 3.55. The lowest BCUT2D eigenvalue weighted by molar-refractivity contribution is 0.102. The molecule has 7 nitrogen and oxygen atoms in total. The Kier molecular flexibility index (Phi) is 3.83. The van der Waals surface area contributed by atoms with Crippen LogP contribution in [0.2, 0.25) is 5.15 Å². The zero-order valence-electron chi connectivity index (χ0n) is 12.8. The summed E-state index contributed by atoms with van der Waals surface area (Å²) in [7, 11) is 0. The molecule has 122 valence electrons. The highest BCUT2D eigenvalue weighted by Crippen LogP contribution is 2.21. The predicted octanol–water partition coefficient (Wildman–Crippen LogP) is 3.32. The highest BCUT2D eigenvalue weighted by atomic mass is 35.5. The number of hydrogen-bond acceptors (Lipinski definition) is 5. The molecule has 4 aromatic heterocycles. The van der Waals surface area contributed by atoms with Crippen LogP contribution in [0.3, 0.4) is 0 Å². The Balaban J connectivity index is 1.70. The fraction of sp³-hybridized carbons (Fsp3) is 0. The van der Waals surface area contributed by atoms with E-state index in [1.807, 2.05) is 12.1 Å². The molecule has 0 saturated carbocycles. The molecule has 25 heavy (non-hydrogen) atoms. The molecule has 8 heteroatoms. The van der Waals surface area contributed by atoms with Crippen LogP contribution in [-0.2, 0) is 0 Å². The van der Waals surface area contributed by atoms with Crippen LogP contribution in [0, 0.1) is 0 Å². The van der Waals surface area contributed by atoms with Gasteiger partial charge in [-0.2, -0.15) is 0 Å². The van der Waals surface area contributed by atoms with E-state index in [-0.39, 0.29) is 5.91 Å². The van der Waals surface area contributed by atoms with Crippen LogP contribution in [0.25, 0.3) is 22.6 Å². The summed E-state index contributed by atoms with van der Waals surface area (Å²) in [6.07, 6.45) is 6.42. The maximum Gasteiger partial charge on any atom is 0.258 e. The third-order valence-corrected chi connectivity index (χ3v) is 3.77. The zero-order valence-corrected chi connectivity index (χ0v) is 13.5. The van der Waals surface area contributed by atoms with E-state index in [1.165, 1.54) is 6.20 Å². The molecule has 0 aliphatic rings. The molecule has 0 aliphatic heterocycles. The van der Waals surface area contributed by atoms with Crippen molar-refractivity contribution >= 4 is 34.4 Å². The molecule has 1 amide bonds. The number of pyridine rings is 3. The number of carbonyl (C=O) groups is 1. The van der Waals surface area contributed by atoms with E-state index in [9.17, 15) is 4.79 Å². The molecule has 0 unspecified atom stereocenters. The van der Waals surface area contributed by atoms with Crippen molar-refractivity contribution < 1.29 is 4.79 Å². The first-order valence-electron chi connectivity index (χ1n) is 7.39. The zero-order chi connectivity index (χ0) is 17.2. The van der Waals surface area contributed by atoms with Gasteiger partial charge < -0.3 is 10.3 Å². The highest BCUT2D eigenvalue weighted by molar-refractivity contribution is 6.29. The largest absolute Gasteiger partial charge is 0.323 e. The summed E-state index contributed by atoms with van der Waals surface area (Å²) in [6, 6.07) is 8.60. The van der Waals surface area contributed by atoms with Crippen molar-refractivity contribution in [2.24, 2.45) is 0 Å². The quantitative estimate of drug-likeness (QED) is 0.552. The van der Waals surface area contributed by atoms with Crippen molar-refractivity contribution in [3.05, 3.63) is 65.8 Å². The molecule has 0 saturated heterocycles. The molecule has 0 spiro atoms. The van der Waals surface area contributed by atoms with Crippen LogP contribution in [0.1, 0.15) is 10.4 Å². The standard InChI is InChI=1S/C17H11ClN6O/c18-13-4-3-11(9-21-13)22-17(25)12-5-7-20-16-14(12)23-15(24-16)10-2-1-6-19-8-10/h1-9H,(H,22,25)(H,20,23,24). The molecule has 2 N–H and O–H groups in total. The molecule has 0 radical (unpaired) electrons. The van der Waals surface area contributed by atoms with Gasteiger partial charge in [-0.05, 0) is 30.3 Å². The molecule has 0 aromatic carbocycles. The Morgan fingerprint density at radius 2 is 2.00 bits per heavy atom. The Bertz CT molecular complexity index is 1050. The number of nitrogens with one attached hydrogen (secondary N) is 2. The van der Waals surface area contributed by atoms with Gasteiger partial charge in [0, 0.05) is 24.2 Å². The first-order chi connectivity index (χ1) is 12.2. The topological polar surface area (TPSA) is 96.5 Å². The lowest BCUT2D eigenvalue weighted by Gasteiger charge is -2.05. The number of halogens is 1. The number of imidazole rings is 1. The molecular formula is C17H11ClN6O. The molecule has 4 aromatic rings. The lowest BCUT2D eigenvalue weighted by atomic mass is 10.2. The van der Waals surface area contributed by atoms with E-state index in [0.717, 1.165) is 5.56 Å². The van der Waals surface area contributed by atoms with Crippen LogP contribution in [0.15, 0.2) is 55.1 Å². The molecule has 4 heterocycles. The van der Waals surface area contributed by atoms with E-state index in [1.54, 1.807) is 36.8 Å². The minimum atomic E-state index is -0.305. The minimum absolute atomic E-state index is 0.305. The Hall–Kier alpha value is -3.32. The number of aromatic nitrogens is 5. The number of carbonyl (C=O) groups excluding carboxylic acids is 1. The number of fused-ring (bicyclic) bond motifs is 1. The summed E-state index contributed by atoms with van der Waals surface area (Å²) in [5.74, 6) is 0.296. The van der Waals surface area contributed by atoms with Crippen LogP contribution in [0.4, 0.5) is 5.69 Å². The molecule has 0 atom stereocenters. The van der Waals surface area contributed by atoms with Gasteiger partial charge in [-0.25, -0.2) is 15.0 Å². The summed E-state index contributed by atoms with van der Waals surface area (Å²) in [6.45, 7) is 0. The average Bonchev–Trinajstić information content (AvgIpc) is 3.08. The monoisotopic (exact) mass is 350 g/mol. The number of H-pyrrole nitrogens is 1. The molecular weight excluding hydrogens is 340 g/mol. The highest BCUT2D eigenvalue weighted by Gasteiger charge is 2.15. The number of hydrogen-bond donors (Lipinski definition) is 2. The van der Waals surface area contributed by atoms with Crippen LogP contribution in [0.5, 0.6) is 0 Å². The van der Waals surface area contributed by atoms with Gasteiger partial charge in [0.2, 0.25) is 0 Å². The second-order valence-electron chi connectivity index (χ2n) is 5.21. The van der Waals surface area contributed by atoms with E-state index < -0.39 is 0 Å². The first kappa shape index (κ1) is 15.2. The Labute approximate surface area is 147 Å². The normalized spacial score (nSPS) is 10.8. The van der Waals surface area contributed by atoms with Gasteiger partial charge in [-0.3, -0.25) is 9.78 Å². The van der Waals surface area contributed by atoms with E-state index in [0.29, 0.717) is 33.4 Å². The van der Waals surface area contributed by atoms with Crippen molar-refractivity contribution in [1.29, 1.82) is 0 Å². The number of aromatic amines is 1. The fourth-order valence-electron chi connectivity index (χ4n) is 2.38. The predicted molar refractivity (Wildman–Crippen MR) is 94.3 cm³/mol. The lowest BCUT2D eigenvalue weighted by Crippen LogP contribution is -2.12. The van der Waals surface area contributed by atoms with Gasteiger partial charge in [-0.15, -0.1) is 0 Å². The van der Waals surface area contributed by atoms with Crippen LogP contribution in [-0.4, -0.2) is 30.8 Å². The average molecular weight is 351 g/mol. The molecule has 0 bridgehead atoms. The van der Waals surface area contributed by atoms with Crippen molar-refractivity contribution in [3.8, 4) is 11.4 Å². The van der Waals surface area contributed by atoms with E-state index in [4.69, 9.17) is 11.6 Å². The van der Waals surface area contributed by atoms with E-state index in [2.05, 4.69) is 30.2 Å². The van der Waals surface area contributed by atoms with Crippen LogP contribution < -0.4 is 5.32 Å². The van der Waals surface area contributed by atoms with Gasteiger partial charge in [0.15, 0.2) is 5.65 Å². The number of nitrogens with zero attached hydrogens (tertiary/aromatic N) is 4. The maximum absolute atomic E-state index is 12.6. The van der Waals surface area contributed by atoms with Gasteiger partial charge in [0.25, 0.3) is 5.91 Å². The van der Waals surface area contributed by atoms with E-state index >= 15 is 0 Å². The van der Waals surface area contributed by atoms with Gasteiger partial charge in [0.05, 0.1) is 17.4 Å². The van der Waals surface area contributed by atoms with Gasteiger partial charge in [0.1, 0.15) is 16.5 Å². The number of anilines is 1. The Morgan fingerprint density at radius 1 is 1.08 bits per heavy atom. The van der Waals surface area contributed by atoms with Crippen molar-refractivity contribution in [2.75, 3.05) is 5.32 Å². The third kappa shape index (κ3) is 3.05. The first-order valence-corrected chi connectivity index (χ1v) is 7.76. The summed E-state index contributed by atoms with van der Waals surface area (Å²) in [5.41, 5.74) is 2.78. The number of rotatable bonds is 3. The summed E-state index contributed by atoms with van der Waals surface area (Å²) < 4.78 is 0. The summed E-state index contributed by atoms with van der Waals surface area (Å²) in [4.78, 5) is 32.5. The van der Waals surface area contributed by atoms with Gasteiger partial charge >= 0.3 is 0 Å². The summed E-state index contributed by atoms with van der Waals surface area (Å²) >= 11 is 5.75. The number of amides is 1. The van der Waals surface area contributed by atoms with Crippen molar-refractivity contribution in [2.45, 2.75) is 0 Å². The fourth-order valence-corrected chi connectivity index (χ4v) is 2.49. The van der Waals surface area contributed by atoms with Crippen molar-refractivity contribution in [3.63, 3.8) is 0 Å². The molecule has 0 fully saturated rings. The SMILES string of the molecule is O=C(Nc1ccc(Cl)nc1)c1ccnc2[nH]c(-c3cccnc3)nc12. The smallest absolute Gasteiger partial charge is 0.258 e. The maximum atomic E-state index is 12.6. The van der Waals surface area contributed by atoms with Crippen LogP contribution >= 0.6 is 11.6 Å². The second kappa shape index (κ2) is 6.29. The minimum Gasteiger partial charge on any atom is -0.323 e.